The summed E-state index contributed by atoms with van der Waals surface area (Å²) < 4.78 is 27.0. The zero-order chi connectivity index (χ0) is 15.7. The number of rotatable bonds is 3. The molecule has 1 N–H and O–H groups in total. The van der Waals surface area contributed by atoms with Crippen LogP contribution in [0.1, 0.15) is 18.1 Å². The smallest absolute Gasteiger partial charge is 0.252 e. The molecule has 0 saturated heterocycles. The van der Waals surface area contributed by atoms with E-state index in [1.807, 2.05) is 18.2 Å². The number of benzene rings is 1. The van der Waals surface area contributed by atoms with E-state index in [0.29, 0.717) is 29.4 Å². The van der Waals surface area contributed by atoms with Gasteiger partial charge >= 0.3 is 0 Å². The van der Waals surface area contributed by atoms with E-state index >= 15 is 0 Å². The molecule has 0 atom stereocenters. The van der Waals surface area contributed by atoms with Crippen molar-refractivity contribution in [3.05, 3.63) is 46.8 Å². The number of carbonyl (C=O) groups excluding carboxylic acids is 1. The quantitative estimate of drug-likeness (QED) is 0.936. The molecule has 7 heteroatoms. The van der Waals surface area contributed by atoms with E-state index in [2.05, 4.69) is 5.32 Å². The molecule has 1 amide bonds. The van der Waals surface area contributed by atoms with Gasteiger partial charge in [-0.15, -0.1) is 11.3 Å². The number of amides is 1. The fraction of sp³-hybridized carbons (Fsp3) is 0.267. The number of thiophene rings is 1. The summed E-state index contributed by atoms with van der Waals surface area (Å²) in [6.45, 7) is 2.27. The van der Waals surface area contributed by atoms with Gasteiger partial charge in [0.1, 0.15) is 4.21 Å². The topological polar surface area (TPSA) is 66.5 Å². The molecule has 0 aliphatic carbocycles. The Morgan fingerprint density at radius 2 is 2.09 bits per heavy atom. The maximum Gasteiger partial charge on any atom is 0.252 e. The molecule has 0 spiro atoms. The van der Waals surface area contributed by atoms with Crippen molar-refractivity contribution in [2.45, 2.75) is 24.1 Å². The van der Waals surface area contributed by atoms with Crippen molar-refractivity contribution in [3.8, 4) is 0 Å². The van der Waals surface area contributed by atoms with Crippen molar-refractivity contribution in [1.82, 2.24) is 4.31 Å². The molecule has 0 unspecified atom stereocenters. The Balaban J connectivity index is 1.88. The lowest BCUT2D eigenvalue weighted by Crippen LogP contribution is -2.35. The summed E-state index contributed by atoms with van der Waals surface area (Å²) in [7, 11) is -3.43. The Morgan fingerprint density at radius 1 is 1.27 bits per heavy atom. The van der Waals surface area contributed by atoms with Gasteiger partial charge in [0.05, 0.1) is 0 Å². The zero-order valence-corrected chi connectivity index (χ0v) is 13.7. The van der Waals surface area contributed by atoms with Crippen molar-refractivity contribution in [3.63, 3.8) is 0 Å². The minimum Gasteiger partial charge on any atom is -0.326 e. The Bertz CT molecular complexity index is 798. The van der Waals surface area contributed by atoms with Crippen LogP contribution in [-0.2, 0) is 27.8 Å². The molecule has 22 heavy (non-hydrogen) atoms. The first-order valence-corrected chi connectivity index (χ1v) is 9.22. The Hall–Kier alpha value is -1.70. The molecule has 116 valence electrons. The highest BCUT2D eigenvalue weighted by molar-refractivity contribution is 7.91. The Kier molecular flexibility index (Phi) is 4.03. The largest absolute Gasteiger partial charge is 0.326 e. The summed E-state index contributed by atoms with van der Waals surface area (Å²) in [5.41, 5.74) is 2.77. The third-order valence-corrected chi connectivity index (χ3v) is 6.81. The van der Waals surface area contributed by atoms with E-state index in [0.717, 1.165) is 11.1 Å². The van der Waals surface area contributed by atoms with E-state index in [-0.39, 0.29) is 5.91 Å². The molecule has 0 saturated carbocycles. The summed E-state index contributed by atoms with van der Waals surface area (Å²) in [5.74, 6) is -0.140. The molecule has 0 bridgehead atoms. The second kappa shape index (κ2) is 5.83. The van der Waals surface area contributed by atoms with Gasteiger partial charge in [-0.3, -0.25) is 4.79 Å². The zero-order valence-electron chi connectivity index (χ0n) is 12.1. The van der Waals surface area contributed by atoms with E-state index < -0.39 is 10.0 Å². The highest BCUT2D eigenvalue weighted by Crippen LogP contribution is 2.28. The average molecular weight is 336 g/mol. The molecular formula is C15H16N2O3S2. The van der Waals surface area contributed by atoms with E-state index in [4.69, 9.17) is 0 Å². The van der Waals surface area contributed by atoms with Gasteiger partial charge in [-0.25, -0.2) is 8.42 Å². The second-order valence-electron chi connectivity index (χ2n) is 5.19. The maximum atomic E-state index is 12.6. The van der Waals surface area contributed by atoms with E-state index in [1.54, 1.807) is 17.5 Å². The first-order valence-electron chi connectivity index (χ1n) is 6.90. The number of hydrogen-bond donors (Lipinski definition) is 1. The molecule has 3 rings (SSSR count). The number of anilines is 1. The van der Waals surface area contributed by atoms with Gasteiger partial charge in [0.25, 0.3) is 10.0 Å². The maximum absolute atomic E-state index is 12.6. The van der Waals surface area contributed by atoms with Crippen LogP contribution in [0.4, 0.5) is 5.69 Å². The number of sulfonamides is 1. The fourth-order valence-electron chi connectivity index (χ4n) is 2.55. The summed E-state index contributed by atoms with van der Waals surface area (Å²) in [5, 5.41) is 4.49. The monoisotopic (exact) mass is 336 g/mol. The molecule has 2 aromatic rings. The predicted molar refractivity (Wildman–Crippen MR) is 86.4 cm³/mol. The van der Waals surface area contributed by atoms with Crippen LogP contribution in [0.2, 0.25) is 0 Å². The van der Waals surface area contributed by atoms with Crippen LogP contribution in [0.5, 0.6) is 0 Å². The van der Waals surface area contributed by atoms with Gasteiger partial charge < -0.3 is 5.32 Å². The molecule has 0 radical (unpaired) electrons. The Morgan fingerprint density at radius 3 is 2.77 bits per heavy atom. The number of nitrogens with one attached hydrogen (secondary N) is 1. The standard InChI is InChI=1S/C15H16N2O3S2/c1-11(18)16-14-5-4-12-6-7-17(10-13(12)9-14)22(19,20)15-3-2-8-21-15/h2-5,8-9H,6-7,10H2,1H3,(H,16,18). The number of hydrogen-bond acceptors (Lipinski definition) is 4. The molecule has 2 heterocycles. The molecule has 1 aliphatic heterocycles. The highest BCUT2D eigenvalue weighted by Gasteiger charge is 2.29. The first kappa shape index (κ1) is 15.2. The van der Waals surface area contributed by atoms with Gasteiger partial charge in [-0.1, -0.05) is 12.1 Å². The molecular weight excluding hydrogens is 320 g/mol. The van der Waals surface area contributed by atoms with Crippen LogP contribution in [0, 0.1) is 0 Å². The number of nitrogens with zero attached hydrogens (tertiary/aromatic N) is 1. The minimum atomic E-state index is -3.43. The van der Waals surface area contributed by atoms with Crippen LogP contribution in [-0.4, -0.2) is 25.2 Å². The highest BCUT2D eigenvalue weighted by atomic mass is 32.2. The lowest BCUT2D eigenvalue weighted by molar-refractivity contribution is -0.114. The van der Waals surface area contributed by atoms with Gasteiger partial charge in [0, 0.05) is 25.7 Å². The molecule has 0 fully saturated rings. The summed E-state index contributed by atoms with van der Waals surface area (Å²) in [6.07, 6.45) is 0.681. The fourth-order valence-corrected chi connectivity index (χ4v) is 5.12. The van der Waals surface area contributed by atoms with E-state index in [1.165, 1.54) is 22.6 Å². The lowest BCUT2D eigenvalue weighted by Gasteiger charge is -2.28. The third-order valence-electron chi connectivity index (χ3n) is 3.59. The summed E-state index contributed by atoms with van der Waals surface area (Å²) >= 11 is 1.23. The minimum absolute atomic E-state index is 0.140. The van der Waals surface area contributed by atoms with Crippen molar-refractivity contribution in [1.29, 1.82) is 0 Å². The molecule has 1 aromatic heterocycles. The van der Waals surface area contributed by atoms with Crippen LogP contribution >= 0.6 is 11.3 Å². The van der Waals surface area contributed by atoms with Gasteiger partial charge in [-0.05, 0) is 41.1 Å². The third kappa shape index (κ3) is 2.92. The van der Waals surface area contributed by atoms with Crippen LogP contribution in [0.15, 0.2) is 39.9 Å². The number of carbonyl (C=O) groups is 1. The van der Waals surface area contributed by atoms with Crippen molar-refractivity contribution >= 4 is 33.0 Å². The van der Waals surface area contributed by atoms with Gasteiger partial charge in [0.2, 0.25) is 5.91 Å². The molecule has 5 nitrogen and oxygen atoms in total. The van der Waals surface area contributed by atoms with Crippen LogP contribution < -0.4 is 5.32 Å². The first-order chi connectivity index (χ1) is 10.5. The number of fused-ring (bicyclic) bond motifs is 1. The Labute approximate surface area is 133 Å². The van der Waals surface area contributed by atoms with Crippen molar-refractivity contribution in [2.75, 3.05) is 11.9 Å². The lowest BCUT2D eigenvalue weighted by atomic mass is 10.0. The van der Waals surface area contributed by atoms with Crippen LogP contribution in [0.25, 0.3) is 0 Å². The van der Waals surface area contributed by atoms with Gasteiger partial charge in [-0.2, -0.15) is 4.31 Å². The SMILES string of the molecule is CC(=O)Nc1ccc2c(c1)CN(S(=O)(=O)c1cccs1)CC2. The van der Waals surface area contributed by atoms with Crippen molar-refractivity contribution < 1.29 is 13.2 Å². The van der Waals surface area contributed by atoms with E-state index in [9.17, 15) is 13.2 Å². The second-order valence-corrected chi connectivity index (χ2v) is 8.30. The van der Waals surface area contributed by atoms with Crippen LogP contribution in [0.3, 0.4) is 0 Å². The van der Waals surface area contributed by atoms with Gasteiger partial charge in [0.15, 0.2) is 0 Å². The summed E-state index contributed by atoms with van der Waals surface area (Å²) in [6, 6.07) is 9.03. The molecule has 1 aromatic carbocycles. The summed E-state index contributed by atoms with van der Waals surface area (Å²) in [4.78, 5) is 11.1. The average Bonchev–Trinajstić information content (AvgIpc) is 3.00. The predicted octanol–water partition coefficient (Wildman–Crippen LogP) is 2.45. The molecule has 1 aliphatic rings. The van der Waals surface area contributed by atoms with Crippen molar-refractivity contribution in [2.24, 2.45) is 0 Å². The normalized spacial score (nSPS) is 15.3.